The van der Waals surface area contributed by atoms with Crippen molar-refractivity contribution in [3.8, 4) is 0 Å². The summed E-state index contributed by atoms with van der Waals surface area (Å²) in [5.41, 5.74) is 6.72. The molecule has 116 valence electrons. The van der Waals surface area contributed by atoms with Gasteiger partial charge in [-0.2, -0.15) is 4.98 Å². The van der Waals surface area contributed by atoms with Crippen LogP contribution < -0.4 is 5.73 Å². The van der Waals surface area contributed by atoms with Gasteiger partial charge < -0.3 is 15.4 Å². The highest BCUT2D eigenvalue weighted by atomic mass is 16.5. The number of rotatable bonds is 3. The summed E-state index contributed by atoms with van der Waals surface area (Å²) in [6.45, 7) is 4.71. The summed E-state index contributed by atoms with van der Waals surface area (Å²) in [7, 11) is 0. The van der Waals surface area contributed by atoms with Gasteiger partial charge in [-0.15, -0.1) is 0 Å². The molecule has 1 aromatic heterocycles. The summed E-state index contributed by atoms with van der Waals surface area (Å²) in [6, 6.07) is -0.564. The van der Waals surface area contributed by atoms with Gasteiger partial charge in [-0.3, -0.25) is 0 Å². The molecule has 3 atom stereocenters. The fourth-order valence-corrected chi connectivity index (χ4v) is 6.38. The van der Waals surface area contributed by atoms with Gasteiger partial charge in [0.15, 0.2) is 5.82 Å². The minimum absolute atomic E-state index is 0.0693. The van der Waals surface area contributed by atoms with E-state index in [0.29, 0.717) is 16.7 Å². The molecule has 3 N–H and O–H groups in total. The number of aromatic nitrogens is 2. The van der Waals surface area contributed by atoms with Crippen LogP contribution >= 0.6 is 0 Å². The Morgan fingerprint density at radius 2 is 1.90 bits per heavy atom. The van der Waals surface area contributed by atoms with Gasteiger partial charge in [-0.05, 0) is 55.3 Å². The van der Waals surface area contributed by atoms with Crippen molar-refractivity contribution in [2.24, 2.45) is 22.5 Å². The van der Waals surface area contributed by atoms with Gasteiger partial charge in [-0.25, -0.2) is 0 Å². The fourth-order valence-electron chi connectivity index (χ4n) is 6.38. The normalized spacial score (nSPS) is 46.0. The van der Waals surface area contributed by atoms with Gasteiger partial charge in [0.05, 0.1) is 6.61 Å². The molecule has 0 amide bonds. The average Bonchev–Trinajstić information content (AvgIpc) is 2.83. The summed E-state index contributed by atoms with van der Waals surface area (Å²) in [5, 5.41) is 13.4. The first-order valence-electron chi connectivity index (χ1n) is 8.06. The Morgan fingerprint density at radius 3 is 2.48 bits per heavy atom. The van der Waals surface area contributed by atoms with Crippen molar-refractivity contribution in [1.29, 1.82) is 0 Å². The third-order valence-electron chi connectivity index (χ3n) is 6.06. The molecule has 2 unspecified atom stereocenters. The zero-order chi connectivity index (χ0) is 14.9. The van der Waals surface area contributed by atoms with Crippen LogP contribution in [-0.4, -0.2) is 21.9 Å². The number of hydrogen-bond acceptors (Lipinski definition) is 5. The van der Waals surface area contributed by atoms with E-state index in [1.54, 1.807) is 0 Å². The van der Waals surface area contributed by atoms with E-state index < -0.39 is 6.04 Å². The zero-order valence-corrected chi connectivity index (χ0v) is 12.9. The van der Waals surface area contributed by atoms with Crippen molar-refractivity contribution < 1.29 is 9.63 Å². The number of nitrogens with two attached hydrogens (primary N) is 1. The molecule has 4 aliphatic carbocycles. The van der Waals surface area contributed by atoms with Crippen LogP contribution in [0.3, 0.4) is 0 Å². The highest BCUT2D eigenvalue weighted by molar-refractivity contribution is 5.21. The number of aliphatic hydroxyl groups is 1. The molecule has 1 aromatic rings. The molecule has 1 heterocycles. The molecule has 21 heavy (non-hydrogen) atoms. The molecule has 0 radical (unpaired) electrons. The molecule has 0 spiro atoms. The highest BCUT2D eigenvalue weighted by Crippen LogP contribution is 2.69. The van der Waals surface area contributed by atoms with Crippen LogP contribution in [0.5, 0.6) is 0 Å². The van der Waals surface area contributed by atoms with E-state index in [9.17, 15) is 0 Å². The topological polar surface area (TPSA) is 85.2 Å². The van der Waals surface area contributed by atoms with Crippen LogP contribution in [0.15, 0.2) is 4.52 Å². The number of hydrogen-bond donors (Lipinski definition) is 2. The van der Waals surface area contributed by atoms with Crippen LogP contribution in [0.1, 0.15) is 70.1 Å². The standard InChI is InChI=1S/C16H25N3O2/c1-14-3-10-4-15(2,7-14)9-16(5-10,8-14)13-18-12(21-19-13)11(17)6-20/h10-11,20H,3-9,17H2,1-2H3/t10?,11-,14?,15?,16?/m1/s1. The van der Waals surface area contributed by atoms with Gasteiger partial charge in [0, 0.05) is 5.41 Å². The minimum atomic E-state index is -0.564. The highest BCUT2D eigenvalue weighted by Gasteiger charge is 2.62. The Balaban J connectivity index is 1.72. The molecular formula is C16H25N3O2. The minimum Gasteiger partial charge on any atom is -0.394 e. The first-order chi connectivity index (χ1) is 9.85. The van der Waals surface area contributed by atoms with Crippen LogP contribution in [0.25, 0.3) is 0 Å². The van der Waals surface area contributed by atoms with Crippen LogP contribution in [0.2, 0.25) is 0 Å². The van der Waals surface area contributed by atoms with E-state index in [0.717, 1.165) is 11.7 Å². The lowest BCUT2D eigenvalue weighted by Crippen LogP contribution is -2.57. The third-order valence-corrected chi connectivity index (χ3v) is 6.06. The van der Waals surface area contributed by atoms with Crippen molar-refractivity contribution in [3.05, 3.63) is 11.7 Å². The third kappa shape index (κ3) is 1.97. The molecule has 4 bridgehead atoms. The Labute approximate surface area is 125 Å². The average molecular weight is 291 g/mol. The van der Waals surface area contributed by atoms with Gasteiger partial charge in [0.1, 0.15) is 6.04 Å². The number of nitrogens with zero attached hydrogens (tertiary/aromatic N) is 2. The van der Waals surface area contributed by atoms with Crippen molar-refractivity contribution in [2.75, 3.05) is 6.61 Å². The second kappa shape index (κ2) is 4.07. The largest absolute Gasteiger partial charge is 0.394 e. The molecular weight excluding hydrogens is 266 g/mol. The van der Waals surface area contributed by atoms with Crippen molar-refractivity contribution in [3.63, 3.8) is 0 Å². The summed E-state index contributed by atoms with van der Waals surface area (Å²) in [5.74, 6) is 2.01. The molecule has 4 saturated carbocycles. The lowest BCUT2D eigenvalue weighted by atomic mass is 9.40. The van der Waals surface area contributed by atoms with Gasteiger partial charge >= 0.3 is 0 Å². The molecule has 0 aromatic carbocycles. The van der Waals surface area contributed by atoms with Crippen molar-refractivity contribution in [1.82, 2.24) is 10.1 Å². The van der Waals surface area contributed by atoms with E-state index in [2.05, 4.69) is 24.0 Å². The van der Waals surface area contributed by atoms with Crippen LogP contribution in [-0.2, 0) is 5.41 Å². The second-order valence-electron chi connectivity index (χ2n) is 8.66. The maximum atomic E-state index is 9.16. The predicted octanol–water partition coefficient (Wildman–Crippen LogP) is 2.31. The summed E-state index contributed by atoms with van der Waals surface area (Å²) >= 11 is 0. The molecule has 5 rings (SSSR count). The molecule has 4 aliphatic rings. The zero-order valence-electron chi connectivity index (χ0n) is 12.9. The lowest BCUT2D eigenvalue weighted by molar-refractivity contribution is -0.113. The molecule has 4 fully saturated rings. The lowest BCUT2D eigenvalue weighted by Gasteiger charge is -2.64. The van der Waals surface area contributed by atoms with E-state index in [1.807, 2.05) is 0 Å². The van der Waals surface area contributed by atoms with Gasteiger partial charge in [-0.1, -0.05) is 19.0 Å². The fraction of sp³-hybridized carbons (Fsp3) is 0.875. The maximum absolute atomic E-state index is 9.16. The molecule has 0 saturated heterocycles. The Morgan fingerprint density at radius 1 is 1.24 bits per heavy atom. The SMILES string of the molecule is CC12CC3CC(C)(C1)CC(c1noc([C@H](N)CO)n1)(C3)C2. The molecule has 5 nitrogen and oxygen atoms in total. The Bertz CT molecular complexity index is 552. The van der Waals surface area contributed by atoms with Crippen molar-refractivity contribution in [2.45, 2.75) is 63.8 Å². The van der Waals surface area contributed by atoms with E-state index in [1.165, 1.54) is 38.5 Å². The van der Waals surface area contributed by atoms with Crippen LogP contribution in [0.4, 0.5) is 0 Å². The quantitative estimate of drug-likeness (QED) is 0.892. The van der Waals surface area contributed by atoms with Gasteiger partial charge in [0.2, 0.25) is 5.89 Å². The first-order valence-corrected chi connectivity index (χ1v) is 8.06. The second-order valence-corrected chi connectivity index (χ2v) is 8.66. The smallest absolute Gasteiger partial charge is 0.245 e. The molecule has 5 heteroatoms. The maximum Gasteiger partial charge on any atom is 0.245 e. The van der Waals surface area contributed by atoms with Gasteiger partial charge in [0.25, 0.3) is 0 Å². The summed E-state index contributed by atoms with van der Waals surface area (Å²) in [4.78, 5) is 4.57. The van der Waals surface area contributed by atoms with E-state index >= 15 is 0 Å². The monoisotopic (exact) mass is 291 g/mol. The number of aliphatic hydroxyl groups excluding tert-OH is 1. The van der Waals surface area contributed by atoms with E-state index in [-0.39, 0.29) is 12.0 Å². The molecule has 0 aliphatic heterocycles. The van der Waals surface area contributed by atoms with Crippen LogP contribution in [0, 0.1) is 16.7 Å². The predicted molar refractivity (Wildman–Crippen MR) is 77.4 cm³/mol. The van der Waals surface area contributed by atoms with E-state index in [4.69, 9.17) is 15.4 Å². The summed E-state index contributed by atoms with van der Waals surface area (Å²) in [6.07, 6.45) is 7.56. The summed E-state index contributed by atoms with van der Waals surface area (Å²) < 4.78 is 5.33. The first kappa shape index (κ1) is 13.7. The van der Waals surface area contributed by atoms with Crippen molar-refractivity contribution >= 4 is 0 Å². The Kier molecular flexibility index (Phi) is 2.66. The Hall–Kier alpha value is -0.940.